The summed E-state index contributed by atoms with van der Waals surface area (Å²) in [6, 6.07) is 74.7. The molecule has 8 aromatic carbocycles. The van der Waals surface area contributed by atoms with Crippen molar-refractivity contribution >= 4 is 44.6 Å². The first-order valence-electron chi connectivity index (χ1n) is 20.0. The molecule has 0 radical (unpaired) electrons. The molecule has 0 saturated heterocycles. The summed E-state index contributed by atoms with van der Waals surface area (Å²) in [7, 11) is 0. The molecule has 0 bridgehead atoms. The Kier molecular flexibility index (Phi) is 8.48. The Morgan fingerprint density at radius 2 is 0.983 bits per heavy atom. The van der Waals surface area contributed by atoms with E-state index >= 15 is 0 Å². The molecule has 0 spiro atoms. The quantitative estimate of drug-likeness (QED) is 0.155. The molecule has 3 heterocycles. The van der Waals surface area contributed by atoms with Crippen LogP contribution < -0.4 is 14.5 Å². The van der Waals surface area contributed by atoms with Gasteiger partial charge in [0.1, 0.15) is 24.0 Å². The first-order valence-corrected chi connectivity index (χ1v) is 20.0. The van der Waals surface area contributed by atoms with Crippen LogP contribution in [0.3, 0.4) is 0 Å². The molecule has 5 heteroatoms. The highest BCUT2D eigenvalue weighted by Crippen LogP contribution is 2.45. The number of hydrogen-bond donors (Lipinski definition) is 0. The van der Waals surface area contributed by atoms with Gasteiger partial charge < -0.3 is 14.5 Å². The molecule has 0 N–H and O–H groups in total. The summed E-state index contributed by atoms with van der Waals surface area (Å²) in [4.78, 5) is 9.73. The minimum Gasteiger partial charge on any atom is -0.457 e. The number of ether oxygens (including phenoxy) is 1. The third kappa shape index (κ3) is 6.17. The van der Waals surface area contributed by atoms with Crippen LogP contribution in [-0.2, 0) is 0 Å². The lowest BCUT2D eigenvalue weighted by Crippen LogP contribution is -2.23. The third-order valence-electron chi connectivity index (χ3n) is 11.3. The van der Waals surface area contributed by atoms with E-state index in [1.54, 1.807) is 0 Å². The monoisotopic (exact) mass is 758 g/mol. The van der Waals surface area contributed by atoms with Crippen LogP contribution in [-0.4, -0.2) is 16.2 Å². The summed E-state index contributed by atoms with van der Waals surface area (Å²) >= 11 is 0. The molecular weight excluding hydrogens is 721 g/mol. The number of aromatic nitrogens is 2. The maximum Gasteiger partial charge on any atom is 0.138 e. The number of pyridine rings is 1. The topological polar surface area (TPSA) is 33.5 Å². The molecule has 0 saturated carbocycles. The van der Waals surface area contributed by atoms with Gasteiger partial charge in [0, 0.05) is 40.5 Å². The van der Waals surface area contributed by atoms with E-state index < -0.39 is 0 Å². The van der Waals surface area contributed by atoms with Crippen molar-refractivity contribution in [3.8, 4) is 50.7 Å². The lowest BCUT2D eigenvalue weighted by Gasteiger charge is -2.22. The fraction of sp³-hybridized carbons (Fsp3) is 0.0185. The van der Waals surface area contributed by atoms with E-state index in [2.05, 4.69) is 221 Å². The summed E-state index contributed by atoms with van der Waals surface area (Å²) in [5.41, 5.74) is 13.6. The van der Waals surface area contributed by atoms with E-state index in [9.17, 15) is 0 Å². The van der Waals surface area contributed by atoms with Crippen LogP contribution >= 0.6 is 0 Å². The van der Waals surface area contributed by atoms with Crippen molar-refractivity contribution in [2.24, 2.45) is 0 Å². The van der Waals surface area contributed by atoms with Crippen LogP contribution in [0.1, 0.15) is 0 Å². The number of nitrogens with zero attached hydrogens (tertiary/aromatic N) is 4. The predicted molar refractivity (Wildman–Crippen MR) is 243 cm³/mol. The Bertz CT molecular complexity index is 3060. The second kappa shape index (κ2) is 14.6. The standard InChI is InChI=1S/C54H38N4O/c1-4-16-38(17-5-1)45-25-15-26-46(39-18-6-2-7-19-39)54(45)40-32-33-55-53(34-40)58-49-27-11-10-24-47(49)48-31-30-44(36-52(48)58)59-43-23-14-22-42(35-43)57-37-56(41-20-8-3-9-21-41)50-28-12-13-29-51(50)57/h1-36H,37H2. The van der Waals surface area contributed by atoms with Crippen LogP contribution in [0.2, 0.25) is 0 Å². The van der Waals surface area contributed by atoms with Gasteiger partial charge >= 0.3 is 0 Å². The average Bonchev–Trinajstić information content (AvgIpc) is 3.86. The molecule has 0 fully saturated rings. The first-order chi connectivity index (χ1) is 29.3. The van der Waals surface area contributed by atoms with Gasteiger partial charge in [0.25, 0.3) is 0 Å². The van der Waals surface area contributed by atoms with Gasteiger partial charge in [0.15, 0.2) is 0 Å². The third-order valence-corrected chi connectivity index (χ3v) is 11.3. The molecule has 1 aliphatic heterocycles. The largest absolute Gasteiger partial charge is 0.457 e. The molecule has 0 aliphatic carbocycles. The lowest BCUT2D eigenvalue weighted by molar-refractivity contribution is 0.483. The lowest BCUT2D eigenvalue weighted by atomic mass is 9.88. The molecule has 280 valence electrons. The normalized spacial score (nSPS) is 12.3. The first kappa shape index (κ1) is 34.4. The molecule has 0 unspecified atom stereocenters. The van der Waals surface area contributed by atoms with Crippen molar-refractivity contribution in [1.82, 2.24) is 9.55 Å². The van der Waals surface area contributed by atoms with Crippen molar-refractivity contribution in [2.45, 2.75) is 0 Å². The van der Waals surface area contributed by atoms with Crippen molar-refractivity contribution in [3.05, 3.63) is 219 Å². The summed E-state index contributed by atoms with van der Waals surface area (Å²) in [5, 5.41) is 2.30. The molecule has 0 atom stereocenters. The van der Waals surface area contributed by atoms with Gasteiger partial charge in [-0.15, -0.1) is 0 Å². The number of benzene rings is 8. The zero-order valence-corrected chi connectivity index (χ0v) is 32.2. The smallest absolute Gasteiger partial charge is 0.138 e. The fourth-order valence-electron chi connectivity index (χ4n) is 8.65. The highest BCUT2D eigenvalue weighted by molar-refractivity contribution is 6.09. The van der Waals surface area contributed by atoms with E-state index in [-0.39, 0.29) is 0 Å². The van der Waals surface area contributed by atoms with Crippen molar-refractivity contribution in [1.29, 1.82) is 0 Å². The molecule has 59 heavy (non-hydrogen) atoms. The van der Waals surface area contributed by atoms with E-state index in [1.165, 1.54) is 33.5 Å². The molecule has 2 aromatic heterocycles. The Hall–Kier alpha value is -7.89. The van der Waals surface area contributed by atoms with Crippen LogP contribution in [0.15, 0.2) is 219 Å². The summed E-state index contributed by atoms with van der Waals surface area (Å²) < 4.78 is 8.99. The van der Waals surface area contributed by atoms with Crippen LogP contribution in [0.5, 0.6) is 11.5 Å². The maximum absolute atomic E-state index is 6.72. The van der Waals surface area contributed by atoms with E-state index in [1.807, 2.05) is 12.3 Å². The Morgan fingerprint density at radius 3 is 1.71 bits per heavy atom. The molecule has 1 aliphatic rings. The van der Waals surface area contributed by atoms with E-state index in [4.69, 9.17) is 9.72 Å². The molecule has 5 nitrogen and oxygen atoms in total. The summed E-state index contributed by atoms with van der Waals surface area (Å²) in [6.45, 7) is 0.702. The number of rotatable bonds is 8. The predicted octanol–water partition coefficient (Wildman–Crippen LogP) is 14.2. The highest BCUT2D eigenvalue weighted by atomic mass is 16.5. The molecular formula is C54H38N4O. The maximum atomic E-state index is 6.72. The van der Waals surface area contributed by atoms with Gasteiger partial charge in [-0.1, -0.05) is 133 Å². The molecule has 0 amide bonds. The van der Waals surface area contributed by atoms with Crippen molar-refractivity contribution in [2.75, 3.05) is 16.5 Å². The molecule has 11 rings (SSSR count). The summed E-state index contributed by atoms with van der Waals surface area (Å²) in [6.07, 6.45) is 1.93. The van der Waals surface area contributed by atoms with E-state index in [0.29, 0.717) is 6.67 Å². The number of para-hydroxylation sites is 4. The van der Waals surface area contributed by atoms with Gasteiger partial charge in [-0.25, -0.2) is 4.98 Å². The van der Waals surface area contributed by atoms with Gasteiger partial charge in [0.2, 0.25) is 0 Å². The van der Waals surface area contributed by atoms with Crippen molar-refractivity contribution < 1.29 is 4.74 Å². The number of fused-ring (bicyclic) bond motifs is 4. The second-order valence-corrected chi connectivity index (χ2v) is 14.8. The van der Waals surface area contributed by atoms with Gasteiger partial charge in [-0.05, 0) is 100 Å². The van der Waals surface area contributed by atoms with Crippen LogP contribution in [0.25, 0.3) is 61.0 Å². The minimum atomic E-state index is 0.702. The van der Waals surface area contributed by atoms with E-state index in [0.717, 1.165) is 61.7 Å². The summed E-state index contributed by atoms with van der Waals surface area (Å²) in [5.74, 6) is 2.36. The SMILES string of the molecule is c1ccc(-c2cccc(-c3ccccc3)c2-c2ccnc(-n3c4ccccc4c4ccc(Oc5cccc(N6CN(c7ccccc7)c7ccccc76)c5)cc43)c2)cc1. The zero-order valence-electron chi connectivity index (χ0n) is 32.2. The number of anilines is 4. The highest BCUT2D eigenvalue weighted by Gasteiger charge is 2.28. The average molecular weight is 759 g/mol. The Balaban J connectivity index is 0.994. The van der Waals surface area contributed by atoms with Crippen LogP contribution in [0, 0.1) is 0 Å². The minimum absolute atomic E-state index is 0.702. The molecule has 10 aromatic rings. The fourth-order valence-corrected chi connectivity index (χ4v) is 8.65. The van der Waals surface area contributed by atoms with Crippen LogP contribution in [0.4, 0.5) is 22.7 Å². The second-order valence-electron chi connectivity index (χ2n) is 14.8. The Morgan fingerprint density at radius 1 is 0.407 bits per heavy atom. The number of hydrogen-bond acceptors (Lipinski definition) is 4. The van der Waals surface area contributed by atoms with Gasteiger partial charge in [-0.3, -0.25) is 4.57 Å². The zero-order chi connectivity index (χ0) is 39.1. The van der Waals surface area contributed by atoms with Gasteiger partial charge in [0.05, 0.1) is 22.4 Å². The Labute approximate surface area is 343 Å². The van der Waals surface area contributed by atoms with Crippen molar-refractivity contribution in [3.63, 3.8) is 0 Å². The van der Waals surface area contributed by atoms with Gasteiger partial charge in [-0.2, -0.15) is 0 Å².